The monoisotopic (exact) mass is 538 g/mol. The lowest BCUT2D eigenvalue weighted by Crippen LogP contribution is -2.49. The molecule has 0 saturated carbocycles. The van der Waals surface area contributed by atoms with Crippen LogP contribution in [0.1, 0.15) is 55.2 Å². The molecule has 1 fully saturated rings. The zero-order valence-corrected chi connectivity index (χ0v) is 23.8. The second kappa shape index (κ2) is 11.1. The largest absolute Gasteiger partial charge is 0.444 e. The second-order valence-electron chi connectivity index (χ2n) is 11.0. The quantitative estimate of drug-likeness (QED) is 0.480. The van der Waals surface area contributed by atoms with Crippen molar-refractivity contribution in [3.8, 4) is 0 Å². The van der Waals surface area contributed by atoms with E-state index in [1.54, 1.807) is 13.1 Å². The molecule has 11 nitrogen and oxygen atoms in total. The standard InChI is InChI=1S/C28H38N6O5/c1-18-11-8-9-12-19(18)16-34-23-21(15-22(31(5)25(23)36)24(35)32(6)38-7)30-26(34)33-14-10-13-20(17-33)29-27(37)39-28(2,3)4/h8-9,11-12,15,20H,10,13-14,16-17H2,1-7H3,(H,29,37)/t20-/m1/s1. The Bertz CT molecular complexity index is 1440. The highest BCUT2D eigenvalue weighted by Gasteiger charge is 2.29. The van der Waals surface area contributed by atoms with Crippen LogP contribution in [-0.4, -0.2) is 70.1 Å². The highest BCUT2D eigenvalue weighted by molar-refractivity contribution is 5.95. The van der Waals surface area contributed by atoms with Crippen LogP contribution in [0, 0.1) is 6.92 Å². The molecule has 3 aromatic rings. The van der Waals surface area contributed by atoms with Crippen molar-refractivity contribution in [3.63, 3.8) is 0 Å². The van der Waals surface area contributed by atoms with Gasteiger partial charge in [0.05, 0.1) is 19.2 Å². The number of carbonyl (C=O) groups excluding carboxylic acids is 2. The Morgan fingerprint density at radius 1 is 1.23 bits per heavy atom. The number of carbonyl (C=O) groups is 2. The van der Waals surface area contributed by atoms with Crippen LogP contribution in [0.25, 0.3) is 11.0 Å². The molecule has 2 aromatic heterocycles. The first-order valence-electron chi connectivity index (χ1n) is 13.1. The highest BCUT2D eigenvalue weighted by atomic mass is 16.7. The van der Waals surface area contributed by atoms with Crippen molar-refractivity contribution in [2.75, 3.05) is 32.1 Å². The number of hydrogen-bond acceptors (Lipinski definition) is 7. The number of aryl methyl sites for hydroxylation is 1. The molecule has 0 spiro atoms. The number of fused-ring (bicyclic) bond motifs is 1. The first-order valence-corrected chi connectivity index (χ1v) is 13.1. The molecule has 2 amide bonds. The number of aromatic nitrogens is 3. The molecule has 3 heterocycles. The Kier molecular flexibility index (Phi) is 8.01. The van der Waals surface area contributed by atoms with E-state index in [2.05, 4.69) is 10.2 Å². The summed E-state index contributed by atoms with van der Waals surface area (Å²) in [4.78, 5) is 51.1. The van der Waals surface area contributed by atoms with Gasteiger partial charge in [-0.3, -0.25) is 14.4 Å². The molecule has 1 N–H and O–H groups in total. The molecule has 0 radical (unpaired) electrons. The first-order chi connectivity index (χ1) is 18.4. The summed E-state index contributed by atoms with van der Waals surface area (Å²) in [6, 6.07) is 9.50. The van der Waals surface area contributed by atoms with E-state index in [4.69, 9.17) is 14.6 Å². The number of imidazole rings is 1. The van der Waals surface area contributed by atoms with Gasteiger partial charge in [0.15, 0.2) is 0 Å². The molecule has 1 atom stereocenters. The number of nitrogens with one attached hydrogen (secondary N) is 1. The third kappa shape index (κ3) is 6.08. The second-order valence-corrected chi connectivity index (χ2v) is 11.0. The van der Waals surface area contributed by atoms with Gasteiger partial charge in [-0.2, -0.15) is 0 Å². The van der Waals surface area contributed by atoms with E-state index in [-0.39, 0.29) is 17.3 Å². The van der Waals surface area contributed by atoms with Crippen molar-refractivity contribution in [2.24, 2.45) is 7.05 Å². The Morgan fingerprint density at radius 2 is 1.95 bits per heavy atom. The molecule has 210 valence electrons. The molecule has 0 aliphatic carbocycles. The topological polar surface area (TPSA) is 111 Å². The van der Waals surface area contributed by atoms with Gasteiger partial charge in [0, 0.05) is 33.2 Å². The molecular weight excluding hydrogens is 500 g/mol. The predicted octanol–water partition coefficient (Wildman–Crippen LogP) is 3.22. The van der Waals surface area contributed by atoms with Crippen LogP contribution in [0.5, 0.6) is 0 Å². The molecule has 0 bridgehead atoms. The number of amides is 2. The zero-order chi connectivity index (χ0) is 28.5. The number of rotatable bonds is 6. The van der Waals surface area contributed by atoms with Crippen LogP contribution >= 0.6 is 0 Å². The van der Waals surface area contributed by atoms with Crippen molar-refractivity contribution in [1.82, 2.24) is 24.5 Å². The smallest absolute Gasteiger partial charge is 0.407 e. The molecule has 1 aromatic carbocycles. The maximum atomic E-state index is 13.7. The van der Waals surface area contributed by atoms with Crippen molar-refractivity contribution < 1.29 is 19.2 Å². The number of anilines is 1. The molecule has 11 heteroatoms. The van der Waals surface area contributed by atoms with Gasteiger partial charge in [0.2, 0.25) is 5.95 Å². The average Bonchev–Trinajstić information content (AvgIpc) is 3.23. The van der Waals surface area contributed by atoms with Crippen LogP contribution in [0.15, 0.2) is 35.1 Å². The van der Waals surface area contributed by atoms with Gasteiger partial charge in [0.1, 0.15) is 16.8 Å². The third-order valence-electron chi connectivity index (χ3n) is 6.91. The third-order valence-corrected chi connectivity index (χ3v) is 6.91. The maximum Gasteiger partial charge on any atom is 0.407 e. The van der Waals surface area contributed by atoms with Gasteiger partial charge in [-0.1, -0.05) is 24.3 Å². The summed E-state index contributed by atoms with van der Waals surface area (Å²) >= 11 is 0. The summed E-state index contributed by atoms with van der Waals surface area (Å²) in [5.74, 6) is 0.166. The van der Waals surface area contributed by atoms with Crippen LogP contribution in [0.3, 0.4) is 0 Å². The van der Waals surface area contributed by atoms with E-state index in [1.807, 2.05) is 56.5 Å². The molecule has 0 unspecified atom stereocenters. The lowest BCUT2D eigenvalue weighted by Gasteiger charge is -2.34. The summed E-state index contributed by atoms with van der Waals surface area (Å²) in [6.45, 7) is 9.18. The van der Waals surface area contributed by atoms with Gasteiger partial charge in [-0.15, -0.1) is 0 Å². The van der Waals surface area contributed by atoms with Crippen molar-refractivity contribution in [2.45, 2.75) is 58.7 Å². The lowest BCUT2D eigenvalue weighted by molar-refractivity contribution is -0.0763. The maximum absolute atomic E-state index is 13.7. The van der Waals surface area contributed by atoms with E-state index < -0.39 is 17.6 Å². The number of piperidine rings is 1. The SMILES string of the molecule is CON(C)C(=O)c1cc2nc(N3CCC[C@@H](NC(=O)OC(C)(C)C)C3)n(Cc3ccccc3C)c2c(=O)n1C. The van der Waals surface area contributed by atoms with Crippen LogP contribution in [0.4, 0.5) is 10.7 Å². The molecule has 39 heavy (non-hydrogen) atoms. The molecule has 1 saturated heterocycles. The number of alkyl carbamates (subject to hydrolysis) is 1. The van der Waals surface area contributed by atoms with E-state index in [0.717, 1.165) is 29.0 Å². The molecule has 1 aliphatic heterocycles. The number of ether oxygens (including phenoxy) is 1. The molecule has 4 rings (SSSR count). The number of hydrogen-bond donors (Lipinski definition) is 1. The molecular formula is C28H38N6O5. The summed E-state index contributed by atoms with van der Waals surface area (Å²) < 4.78 is 8.72. The predicted molar refractivity (Wildman–Crippen MR) is 149 cm³/mol. The lowest BCUT2D eigenvalue weighted by atomic mass is 10.1. The van der Waals surface area contributed by atoms with Gasteiger partial charge in [0.25, 0.3) is 11.5 Å². The van der Waals surface area contributed by atoms with Crippen molar-refractivity contribution >= 4 is 29.0 Å². The number of hydroxylamine groups is 2. The minimum atomic E-state index is -0.591. The van der Waals surface area contributed by atoms with E-state index in [0.29, 0.717) is 36.6 Å². The number of benzene rings is 1. The Hall–Kier alpha value is -3.86. The minimum absolute atomic E-state index is 0.143. The van der Waals surface area contributed by atoms with E-state index in [1.165, 1.54) is 18.7 Å². The Labute approximate surface area is 228 Å². The highest BCUT2D eigenvalue weighted by Crippen LogP contribution is 2.27. The van der Waals surface area contributed by atoms with Crippen LogP contribution in [0.2, 0.25) is 0 Å². The van der Waals surface area contributed by atoms with E-state index in [9.17, 15) is 14.4 Å². The summed E-state index contributed by atoms with van der Waals surface area (Å²) in [7, 11) is 4.46. The summed E-state index contributed by atoms with van der Waals surface area (Å²) in [5, 5.41) is 4.05. The van der Waals surface area contributed by atoms with Gasteiger partial charge in [-0.25, -0.2) is 14.8 Å². The van der Waals surface area contributed by atoms with Crippen LogP contribution < -0.4 is 15.8 Å². The van der Waals surface area contributed by atoms with Gasteiger partial charge < -0.3 is 24.1 Å². The summed E-state index contributed by atoms with van der Waals surface area (Å²) in [6.07, 6.45) is 1.17. The zero-order valence-electron chi connectivity index (χ0n) is 23.8. The molecule has 1 aliphatic rings. The minimum Gasteiger partial charge on any atom is -0.444 e. The first kappa shape index (κ1) is 28.2. The fraction of sp³-hybridized carbons (Fsp3) is 0.500. The van der Waals surface area contributed by atoms with Gasteiger partial charge in [-0.05, 0) is 57.7 Å². The van der Waals surface area contributed by atoms with Crippen molar-refractivity contribution in [3.05, 3.63) is 57.5 Å². The van der Waals surface area contributed by atoms with Crippen molar-refractivity contribution in [1.29, 1.82) is 0 Å². The summed E-state index contributed by atoms with van der Waals surface area (Å²) in [5.41, 5.74) is 2.25. The fourth-order valence-electron chi connectivity index (χ4n) is 4.83. The fourth-order valence-corrected chi connectivity index (χ4v) is 4.83. The Morgan fingerprint density at radius 3 is 2.62 bits per heavy atom. The van der Waals surface area contributed by atoms with E-state index >= 15 is 0 Å². The Balaban J connectivity index is 1.78. The number of nitrogens with zero attached hydrogens (tertiary/aromatic N) is 5. The van der Waals surface area contributed by atoms with Crippen LogP contribution in [-0.2, 0) is 23.2 Å². The number of pyridine rings is 1. The van der Waals surface area contributed by atoms with Gasteiger partial charge >= 0.3 is 6.09 Å². The normalized spacial score (nSPS) is 15.9. The average molecular weight is 539 g/mol.